The van der Waals surface area contributed by atoms with Crippen LogP contribution >= 0.6 is 0 Å². The van der Waals surface area contributed by atoms with Gasteiger partial charge in [-0.3, -0.25) is 9.69 Å². The Morgan fingerprint density at radius 3 is 2.39 bits per heavy atom. The number of likely N-dealkylation sites (N-methyl/N-ethyl adjacent to an activating group) is 1. The Hall–Kier alpha value is -0.610. The minimum absolute atomic E-state index is 0.245. The Bertz CT molecular complexity index is 256. The van der Waals surface area contributed by atoms with Crippen LogP contribution in [0.1, 0.15) is 32.1 Å². The largest absolute Gasteiger partial charge is 0.339 e. The van der Waals surface area contributed by atoms with Crippen molar-refractivity contribution in [1.82, 2.24) is 15.1 Å². The molecule has 0 aromatic rings. The standard InChI is InChI=1S/C14H27N3O/c1-15-11-14(18)17-9-7-16(8-10-17)12-13-5-3-2-4-6-13/h13,15H,2-12H2,1H3. The van der Waals surface area contributed by atoms with Crippen LogP contribution in [0.15, 0.2) is 0 Å². The second kappa shape index (κ2) is 7.10. The van der Waals surface area contributed by atoms with Crippen LogP contribution in [0, 0.1) is 5.92 Å². The first-order valence-corrected chi connectivity index (χ1v) is 7.44. The number of piperazine rings is 1. The summed E-state index contributed by atoms with van der Waals surface area (Å²) in [7, 11) is 1.83. The highest BCUT2D eigenvalue weighted by Crippen LogP contribution is 2.24. The Labute approximate surface area is 111 Å². The smallest absolute Gasteiger partial charge is 0.236 e. The molecule has 1 amide bonds. The highest BCUT2D eigenvalue weighted by Gasteiger charge is 2.23. The van der Waals surface area contributed by atoms with Crippen molar-refractivity contribution >= 4 is 5.91 Å². The summed E-state index contributed by atoms with van der Waals surface area (Å²) in [4.78, 5) is 16.3. The van der Waals surface area contributed by atoms with Gasteiger partial charge in [0.25, 0.3) is 0 Å². The molecule has 2 fully saturated rings. The average Bonchev–Trinajstić information content (AvgIpc) is 2.41. The van der Waals surface area contributed by atoms with Crippen molar-refractivity contribution in [3.8, 4) is 0 Å². The van der Waals surface area contributed by atoms with Crippen LogP contribution in [0.5, 0.6) is 0 Å². The summed E-state index contributed by atoms with van der Waals surface area (Å²) in [6.07, 6.45) is 7.11. The number of nitrogens with one attached hydrogen (secondary N) is 1. The molecule has 104 valence electrons. The summed E-state index contributed by atoms with van der Waals surface area (Å²) in [6.45, 7) is 5.68. The van der Waals surface area contributed by atoms with Crippen molar-refractivity contribution in [1.29, 1.82) is 0 Å². The van der Waals surface area contributed by atoms with Crippen molar-refractivity contribution < 1.29 is 4.79 Å². The fourth-order valence-electron chi connectivity index (χ4n) is 3.18. The highest BCUT2D eigenvalue weighted by atomic mass is 16.2. The second-order valence-electron chi connectivity index (χ2n) is 5.72. The van der Waals surface area contributed by atoms with E-state index in [9.17, 15) is 4.79 Å². The number of nitrogens with zero attached hydrogens (tertiary/aromatic N) is 2. The third-order valence-corrected chi connectivity index (χ3v) is 4.29. The lowest BCUT2D eigenvalue weighted by Gasteiger charge is -2.37. The molecule has 2 aliphatic rings. The first-order valence-electron chi connectivity index (χ1n) is 7.44. The van der Waals surface area contributed by atoms with E-state index in [0.717, 1.165) is 32.1 Å². The molecule has 4 heteroatoms. The van der Waals surface area contributed by atoms with Crippen LogP contribution in [0.4, 0.5) is 0 Å². The zero-order valence-corrected chi connectivity index (χ0v) is 11.7. The summed E-state index contributed by atoms with van der Waals surface area (Å²) in [6, 6.07) is 0. The molecule has 1 aliphatic carbocycles. The van der Waals surface area contributed by atoms with Gasteiger partial charge < -0.3 is 10.2 Å². The number of amides is 1. The van der Waals surface area contributed by atoms with Crippen molar-refractivity contribution in [2.24, 2.45) is 5.92 Å². The second-order valence-corrected chi connectivity index (χ2v) is 5.72. The first kappa shape index (κ1) is 13.8. The molecule has 1 saturated heterocycles. The summed E-state index contributed by atoms with van der Waals surface area (Å²) in [5.41, 5.74) is 0. The maximum absolute atomic E-state index is 11.7. The maximum atomic E-state index is 11.7. The number of hydrogen-bond acceptors (Lipinski definition) is 3. The quantitative estimate of drug-likeness (QED) is 0.809. The molecule has 4 nitrogen and oxygen atoms in total. The van der Waals surface area contributed by atoms with Gasteiger partial charge in [-0.15, -0.1) is 0 Å². The van der Waals surface area contributed by atoms with E-state index in [-0.39, 0.29) is 5.91 Å². The molecule has 18 heavy (non-hydrogen) atoms. The van der Waals surface area contributed by atoms with E-state index in [1.165, 1.54) is 38.6 Å². The number of carbonyl (C=O) groups excluding carboxylic acids is 1. The van der Waals surface area contributed by atoms with Crippen LogP contribution in [0.2, 0.25) is 0 Å². The molecule has 0 spiro atoms. The predicted octanol–water partition coefficient (Wildman–Crippen LogP) is 0.930. The fourth-order valence-corrected chi connectivity index (χ4v) is 3.18. The van der Waals surface area contributed by atoms with E-state index in [1.54, 1.807) is 0 Å². The molecule has 1 N–H and O–H groups in total. The average molecular weight is 253 g/mol. The normalized spacial score (nSPS) is 23.3. The molecule has 0 aromatic heterocycles. The van der Waals surface area contributed by atoms with Gasteiger partial charge in [0, 0.05) is 32.7 Å². The summed E-state index contributed by atoms with van der Waals surface area (Å²) >= 11 is 0. The van der Waals surface area contributed by atoms with E-state index in [2.05, 4.69) is 10.2 Å². The van der Waals surface area contributed by atoms with Crippen LogP contribution in [0.25, 0.3) is 0 Å². The fraction of sp³-hybridized carbons (Fsp3) is 0.929. The van der Waals surface area contributed by atoms with Gasteiger partial charge in [-0.25, -0.2) is 0 Å². The molecule has 0 unspecified atom stereocenters. The molecule has 0 atom stereocenters. The number of hydrogen-bond donors (Lipinski definition) is 1. The molecular formula is C14H27N3O. The van der Waals surface area contributed by atoms with Gasteiger partial charge in [0.2, 0.25) is 5.91 Å². The van der Waals surface area contributed by atoms with Gasteiger partial charge in [-0.2, -0.15) is 0 Å². The van der Waals surface area contributed by atoms with E-state index >= 15 is 0 Å². The van der Waals surface area contributed by atoms with Gasteiger partial charge >= 0.3 is 0 Å². The summed E-state index contributed by atoms with van der Waals surface area (Å²) in [5.74, 6) is 1.16. The van der Waals surface area contributed by atoms with E-state index in [4.69, 9.17) is 0 Å². The van der Waals surface area contributed by atoms with E-state index in [0.29, 0.717) is 6.54 Å². The third kappa shape index (κ3) is 3.95. The Balaban J connectivity index is 1.68. The molecule has 0 bridgehead atoms. The Morgan fingerprint density at radius 1 is 1.11 bits per heavy atom. The van der Waals surface area contributed by atoms with E-state index in [1.807, 2.05) is 11.9 Å². The molecule has 2 rings (SSSR count). The predicted molar refractivity (Wildman–Crippen MR) is 73.5 cm³/mol. The van der Waals surface area contributed by atoms with Crippen molar-refractivity contribution in [3.63, 3.8) is 0 Å². The molecular weight excluding hydrogens is 226 g/mol. The zero-order valence-electron chi connectivity index (χ0n) is 11.7. The van der Waals surface area contributed by atoms with Crippen molar-refractivity contribution in [2.45, 2.75) is 32.1 Å². The van der Waals surface area contributed by atoms with Crippen LogP contribution in [-0.2, 0) is 4.79 Å². The molecule has 0 radical (unpaired) electrons. The zero-order chi connectivity index (χ0) is 12.8. The number of carbonyl (C=O) groups is 1. The molecule has 0 aromatic carbocycles. The lowest BCUT2D eigenvalue weighted by atomic mass is 9.89. The topological polar surface area (TPSA) is 35.6 Å². The lowest BCUT2D eigenvalue weighted by Crippen LogP contribution is -2.51. The van der Waals surface area contributed by atoms with Crippen LogP contribution in [-0.4, -0.2) is 62.0 Å². The maximum Gasteiger partial charge on any atom is 0.236 e. The highest BCUT2D eigenvalue weighted by molar-refractivity contribution is 5.78. The Morgan fingerprint density at radius 2 is 1.78 bits per heavy atom. The van der Waals surface area contributed by atoms with Crippen molar-refractivity contribution in [3.05, 3.63) is 0 Å². The van der Waals surface area contributed by atoms with Gasteiger partial charge in [-0.05, 0) is 25.8 Å². The van der Waals surface area contributed by atoms with Crippen LogP contribution in [0.3, 0.4) is 0 Å². The monoisotopic (exact) mass is 253 g/mol. The molecule has 1 saturated carbocycles. The van der Waals surface area contributed by atoms with Gasteiger partial charge in [0.05, 0.1) is 6.54 Å². The number of rotatable bonds is 4. The van der Waals surface area contributed by atoms with Gasteiger partial charge in [-0.1, -0.05) is 19.3 Å². The summed E-state index contributed by atoms with van der Waals surface area (Å²) < 4.78 is 0. The van der Waals surface area contributed by atoms with Gasteiger partial charge in [0.15, 0.2) is 0 Å². The Kier molecular flexibility index (Phi) is 5.45. The minimum Gasteiger partial charge on any atom is -0.339 e. The van der Waals surface area contributed by atoms with Gasteiger partial charge in [0.1, 0.15) is 0 Å². The summed E-state index contributed by atoms with van der Waals surface area (Å²) in [5, 5.41) is 2.94. The minimum atomic E-state index is 0.245. The van der Waals surface area contributed by atoms with Crippen molar-refractivity contribution in [2.75, 3.05) is 46.3 Å². The SMILES string of the molecule is CNCC(=O)N1CCN(CC2CCCCC2)CC1. The lowest BCUT2D eigenvalue weighted by molar-refractivity contribution is -0.131. The van der Waals surface area contributed by atoms with E-state index < -0.39 is 0 Å². The molecule has 1 heterocycles. The third-order valence-electron chi connectivity index (χ3n) is 4.29. The van der Waals surface area contributed by atoms with Crippen LogP contribution < -0.4 is 5.32 Å². The first-order chi connectivity index (χ1) is 8.79. The molecule has 1 aliphatic heterocycles.